The van der Waals surface area contributed by atoms with E-state index < -0.39 is 0 Å². The number of allylic oxidation sites excluding steroid dienone is 1. The number of aliphatic imine (C=N–C) groups is 2. The molecule has 0 radical (unpaired) electrons. The maximum atomic E-state index is 6.50. The highest BCUT2D eigenvalue weighted by Crippen LogP contribution is 2.40. The van der Waals surface area contributed by atoms with Crippen molar-refractivity contribution in [3.8, 4) is 21.7 Å². The van der Waals surface area contributed by atoms with Crippen LogP contribution in [-0.4, -0.2) is 16.5 Å². The van der Waals surface area contributed by atoms with E-state index in [0.29, 0.717) is 12.3 Å². The van der Waals surface area contributed by atoms with Crippen LogP contribution in [0.3, 0.4) is 0 Å². The predicted octanol–water partition coefficient (Wildman–Crippen LogP) is 12.4. The van der Waals surface area contributed by atoms with E-state index in [2.05, 4.69) is 133 Å². The van der Waals surface area contributed by atoms with Crippen LogP contribution in [0.25, 0.3) is 70.3 Å². The molecular formula is C46H29N3OS. The average molecular weight is 672 g/mol. The van der Waals surface area contributed by atoms with Gasteiger partial charge in [0, 0.05) is 33.7 Å². The van der Waals surface area contributed by atoms with Gasteiger partial charge in [-0.2, -0.15) is 0 Å². The number of aromatic nitrogens is 1. The normalized spacial score (nSPS) is 13.4. The van der Waals surface area contributed by atoms with Gasteiger partial charge in [0.25, 0.3) is 0 Å². The summed E-state index contributed by atoms with van der Waals surface area (Å²) >= 11 is 1.73. The maximum Gasteiger partial charge on any atom is 0.160 e. The van der Waals surface area contributed by atoms with Gasteiger partial charge < -0.3 is 4.42 Å². The Hall–Kier alpha value is -6.43. The number of furan rings is 1. The molecule has 0 bridgehead atoms. The first kappa shape index (κ1) is 29.5. The molecule has 4 nitrogen and oxygen atoms in total. The molecule has 5 heteroatoms. The van der Waals surface area contributed by atoms with Crippen molar-refractivity contribution < 1.29 is 4.42 Å². The summed E-state index contributed by atoms with van der Waals surface area (Å²) in [5.74, 6) is 0.704. The van der Waals surface area contributed by atoms with Gasteiger partial charge in [-0.25, -0.2) is 15.0 Å². The fourth-order valence-corrected chi connectivity index (χ4v) is 8.16. The number of hydrogen-bond acceptors (Lipinski definition) is 5. The van der Waals surface area contributed by atoms with Crippen molar-refractivity contribution in [3.63, 3.8) is 0 Å². The Morgan fingerprint density at radius 3 is 2.12 bits per heavy atom. The maximum absolute atomic E-state index is 6.50. The monoisotopic (exact) mass is 671 g/mol. The van der Waals surface area contributed by atoms with Gasteiger partial charge in [0.05, 0.1) is 21.6 Å². The largest absolute Gasteiger partial charge is 0.456 e. The molecule has 0 spiro atoms. The molecule has 3 heterocycles. The Bertz CT molecular complexity index is 2860. The zero-order chi connectivity index (χ0) is 33.7. The molecule has 0 N–H and O–H groups in total. The van der Waals surface area contributed by atoms with Crippen molar-refractivity contribution in [1.82, 2.24) is 4.98 Å². The summed E-state index contributed by atoms with van der Waals surface area (Å²) in [6.45, 7) is 0. The average Bonchev–Trinajstić information content (AvgIpc) is 3.73. The molecule has 9 aromatic rings. The van der Waals surface area contributed by atoms with Crippen LogP contribution in [0, 0.1) is 0 Å². The zero-order valence-electron chi connectivity index (χ0n) is 27.5. The summed E-state index contributed by atoms with van der Waals surface area (Å²) in [5.41, 5.74) is 11.1. The summed E-state index contributed by atoms with van der Waals surface area (Å²) in [7, 11) is 0. The molecule has 0 atom stereocenters. The molecular weight excluding hydrogens is 643 g/mol. The smallest absolute Gasteiger partial charge is 0.160 e. The van der Waals surface area contributed by atoms with Gasteiger partial charge in [-0.1, -0.05) is 140 Å². The van der Waals surface area contributed by atoms with E-state index in [-0.39, 0.29) is 0 Å². The molecule has 1 aliphatic rings. The molecule has 2 aromatic heterocycles. The number of hydrogen-bond donors (Lipinski definition) is 0. The highest BCUT2D eigenvalue weighted by atomic mass is 32.1. The molecule has 0 fully saturated rings. The number of benzene rings is 7. The molecule has 0 saturated carbocycles. The Kier molecular flexibility index (Phi) is 7.03. The number of rotatable bonds is 5. The molecule has 240 valence electrons. The van der Waals surface area contributed by atoms with Gasteiger partial charge >= 0.3 is 0 Å². The number of amidine groups is 1. The molecule has 0 unspecified atom stereocenters. The van der Waals surface area contributed by atoms with Crippen LogP contribution in [0.5, 0.6) is 0 Å². The van der Waals surface area contributed by atoms with Crippen molar-refractivity contribution in [2.24, 2.45) is 9.98 Å². The molecule has 0 amide bonds. The third-order valence-corrected chi connectivity index (χ3v) is 10.8. The Morgan fingerprint density at radius 1 is 0.529 bits per heavy atom. The van der Waals surface area contributed by atoms with Crippen molar-refractivity contribution in [2.45, 2.75) is 6.42 Å². The summed E-state index contributed by atoms with van der Waals surface area (Å²) in [5, 5.41) is 5.65. The zero-order valence-corrected chi connectivity index (χ0v) is 28.3. The van der Waals surface area contributed by atoms with E-state index in [1.165, 1.54) is 15.5 Å². The Morgan fingerprint density at radius 2 is 1.27 bits per heavy atom. The van der Waals surface area contributed by atoms with Gasteiger partial charge in [-0.05, 0) is 51.9 Å². The van der Waals surface area contributed by atoms with Crippen LogP contribution in [0.15, 0.2) is 178 Å². The number of fused-ring (bicyclic) bond motifs is 6. The lowest BCUT2D eigenvalue weighted by Crippen LogP contribution is -2.04. The lowest BCUT2D eigenvalue weighted by molar-refractivity contribution is 0.669. The topological polar surface area (TPSA) is 50.8 Å². The van der Waals surface area contributed by atoms with E-state index >= 15 is 0 Å². The van der Waals surface area contributed by atoms with Crippen LogP contribution in [0.2, 0.25) is 0 Å². The summed E-state index contributed by atoms with van der Waals surface area (Å²) < 4.78 is 7.71. The van der Waals surface area contributed by atoms with Crippen LogP contribution in [0.1, 0.15) is 23.1 Å². The first-order valence-corrected chi connectivity index (χ1v) is 17.9. The number of nitrogens with zero attached hydrogens (tertiary/aromatic N) is 3. The Labute approximate surface area is 298 Å². The third-order valence-electron chi connectivity index (χ3n) is 9.61. The first-order chi connectivity index (χ1) is 25.2. The molecule has 10 rings (SSSR count). The minimum atomic E-state index is 0.701. The van der Waals surface area contributed by atoms with Crippen LogP contribution in [0.4, 0.5) is 0 Å². The quantitative estimate of drug-likeness (QED) is 0.183. The highest BCUT2D eigenvalue weighted by Gasteiger charge is 2.17. The van der Waals surface area contributed by atoms with Gasteiger partial charge in [0.2, 0.25) is 0 Å². The van der Waals surface area contributed by atoms with Gasteiger partial charge in [0.1, 0.15) is 16.2 Å². The molecule has 7 aromatic carbocycles. The van der Waals surface area contributed by atoms with Crippen molar-refractivity contribution in [2.75, 3.05) is 0 Å². The standard InChI is InChI=1S/C46H29N3OS/c1-3-11-31(12-4-1)38-26-27-39(32-13-5-2-6-14-32)48-45(47-38)33-20-18-30(19-21-33)35-16-9-17-41-43(35)37-24-22-34(28-42(37)50-41)46-49-40-25-23-29-10-7-8-15-36(29)44(40)51-46/h1-26,28H,27H2. The highest BCUT2D eigenvalue weighted by molar-refractivity contribution is 7.22. The van der Waals surface area contributed by atoms with Gasteiger partial charge in [-0.3, -0.25) is 0 Å². The van der Waals surface area contributed by atoms with Crippen LogP contribution >= 0.6 is 11.3 Å². The van der Waals surface area contributed by atoms with Crippen molar-refractivity contribution in [3.05, 3.63) is 180 Å². The summed E-state index contributed by atoms with van der Waals surface area (Å²) in [4.78, 5) is 15.3. The third kappa shape index (κ3) is 5.27. The lowest BCUT2D eigenvalue weighted by atomic mass is 9.98. The first-order valence-electron chi connectivity index (χ1n) is 17.1. The fourth-order valence-electron chi connectivity index (χ4n) is 7.06. The summed E-state index contributed by atoms with van der Waals surface area (Å²) in [6.07, 6.45) is 2.88. The second-order valence-corrected chi connectivity index (χ2v) is 13.7. The minimum Gasteiger partial charge on any atom is -0.456 e. The molecule has 0 aliphatic carbocycles. The Balaban J connectivity index is 1.03. The molecule has 51 heavy (non-hydrogen) atoms. The van der Waals surface area contributed by atoms with Crippen LogP contribution in [-0.2, 0) is 0 Å². The van der Waals surface area contributed by atoms with E-state index in [1.54, 1.807) is 11.3 Å². The van der Waals surface area contributed by atoms with E-state index in [1.807, 2.05) is 30.3 Å². The number of thiazole rings is 1. The fraction of sp³-hybridized carbons (Fsp3) is 0.0217. The molecule has 0 saturated heterocycles. The SMILES string of the molecule is C1=C(c2ccccc2)N=C(c2ccc(-c3cccc4oc5cc(-c6nc7ccc8ccccc8c7s6)ccc5c34)cc2)N=C(c2ccccc2)C1. The van der Waals surface area contributed by atoms with Crippen molar-refractivity contribution in [1.29, 1.82) is 0 Å². The van der Waals surface area contributed by atoms with Crippen molar-refractivity contribution >= 4 is 71.5 Å². The van der Waals surface area contributed by atoms with Gasteiger partial charge in [0.15, 0.2) is 5.84 Å². The van der Waals surface area contributed by atoms with Crippen LogP contribution < -0.4 is 0 Å². The van der Waals surface area contributed by atoms with E-state index in [9.17, 15) is 0 Å². The molecule has 1 aliphatic heterocycles. The lowest BCUT2D eigenvalue weighted by Gasteiger charge is -2.08. The predicted molar refractivity (Wildman–Crippen MR) is 214 cm³/mol. The second kappa shape index (κ2) is 12.2. The second-order valence-electron chi connectivity index (χ2n) is 12.7. The van der Waals surface area contributed by atoms with Gasteiger partial charge in [-0.15, -0.1) is 11.3 Å². The van der Waals surface area contributed by atoms with E-state index in [0.717, 1.165) is 77.3 Å². The van der Waals surface area contributed by atoms with E-state index in [4.69, 9.17) is 19.4 Å². The minimum absolute atomic E-state index is 0.701. The summed E-state index contributed by atoms with van der Waals surface area (Å²) in [6, 6.07) is 54.8.